The van der Waals surface area contributed by atoms with E-state index in [0.717, 1.165) is 24.9 Å². The molecular weight excluding hydrogens is 254 g/mol. The molecule has 1 aromatic carbocycles. The largest absolute Gasteiger partial charge is 0.598 e. The van der Waals surface area contributed by atoms with E-state index in [0.29, 0.717) is 5.75 Å². The number of hydrogen-bond acceptors (Lipinski definition) is 3. The third kappa shape index (κ3) is 3.19. The molecule has 5 heteroatoms. The van der Waals surface area contributed by atoms with E-state index in [9.17, 15) is 9.66 Å². The maximum Gasteiger partial charge on any atom is 0.178 e. The van der Waals surface area contributed by atoms with Gasteiger partial charge in [0, 0.05) is 23.5 Å². The third-order valence-corrected chi connectivity index (χ3v) is 4.70. The van der Waals surface area contributed by atoms with Crippen LogP contribution in [0.4, 0.5) is 0 Å². The van der Waals surface area contributed by atoms with Crippen molar-refractivity contribution in [3.05, 3.63) is 35.9 Å². The first-order valence-corrected chi connectivity index (χ1v) is 7.29. The van der Waals surface area contributed by atoms with Gasteiger partial charge in [-0.3, -0.25) is 0 Å². The molecule has 0 aliphatic carbocycles. The number of nitrogens with zero attached hydrogens (tertiary/aromatic N) is 1. The highest BCUT2D eigenvalue weighted by Crippen LogP contribution is 2.24. The second-order valence-corrected chi connectivity index (χ2v) is 5.91. The second kappa shape index (κ2) is 5.82. The minimum Gasteiger partial charge on any atom is -0.598 e. The molecule has 1 aliphatic rings. The summed E-state index contributed by atoms with van der Waals surface area (Å²) in [6.45, 7) is 0.741. The van der Waals surface area contributed by atoms with Gasteiger partial charge in [0.05, 0.1) is 0 Å². The summed E-state index contributed by atoms with van der Waals surface area (Å²) in [5.74, 6) is 0.486. The Morgan fingerprint density at radius 3 is 2.82 bits per heavy atom. The summed E-state index contributed by atoms with van der Waals surface area (Å²) in [6, 6.07) is 9.51. The number of aliphatic hydroxyl groups is 1. The topological polar surface area (TPSA) is 46.5 Å². The van der Waals surface area contributed by atoms with Crippen molar-refractivity contribution in [2.75, 3.05) is 6.54 Å². The summed E-state index contributed by atoms with van der Waals surface area (Å²) in [4.78, 5) is 0. The van der Waals surface area contributed by atoms with E-state index in [-0.39, 0.29) is 11.1 Å². The van der Waals surface area contributed by atoms with Gasteiger partial charge in [-0.1, -0.05) is 30.3 Å². The fourth-order valence-electron chi connectivity index (χ4n) is 2.03. The van der Waals surface area contributed by atoms with Gasteiger partial charge >= 0.3 is 0 Å². The summed E-state index contributed by atoms with van der Waals surface area (Å²) in [7, 11) is 0. The molecule has 0 amide bonds. The van der Waals surface area contributed by atoms with E-state index in [2.05, 4.69) is 0 Å². The maximum atomic E-state index is 12.2. The van der Waals surface area contributed by atoms with Gasteiger partial charge in [0.1, 0.15) is 6.04 Å². The molecule has 2 rings (SSSR count). The highest BCUT2D eigenvalue weighted by Gasteiger charge is 2.36. The Labute approximate surface area is 110 Å². The zero-order valence-electron chi connectivity index (χ0n) is 9.41. The highest BCUT2D eigenvalue weighted by molar-refractivity contribution is 7.88. The molecule has 1 fully saturated rings. The van der Waals surface area contributed by atoms with Crippen LogP contribution >= 0.6 is 12.2 Å². The van der Waals surface area contributed by atoms with Crippen LogP contribution in [0, 0.1) is 0 Å². The molecule has 0 radical (unpaired) electrons. The van der Waals surface area contributed by atoms with Crippen molar-refractivity contribution in [1.82, 2.24) is 4.31 Å². The van der Waals surface area contributed by atoms with Crippen LogP contribution in [0.15, 0.2) is 30.3 Å². The first-order chi connectivity index (χ1) is 8.18. The zero-order valence-corrected chi connectivity index (χ0v) is 11.0. The molecule has 1 aromatic rings. The van der Waals surface area contributed by atoms with Crippen molar-refractivity contribution in [2.45, 2.75) is 24.6 Å². The summed E-state index contributed by atoms with van der Waals surface area (Å²) in [6.07, 6.45) is 1.74. The van der Waals surface area contributed by atoms with E-state index in [1.165, 1.54) is 0 Å². The van der Waals surface area contributed by atoms with E-state index >= 15 is 0 Å². The van der Waals surface area contributed by atoms with E-state index in [1.807, 2.05) is 30.3 Å². The molecular formula is C12H15NO2S2. The standard InChI is InChI=1S/C12H15NO2S2/c14-12(16)11-7-4-8-13(11)17(15)9-10-5-2-1-3-6-10/h1-3,5-6,11H,4,7-9H2,(H,14,16)/t11-,17?/m0/s1. The van der Waals surface area contributed by atoms with Crippen molar-refractivity contribution in [2.24, 2.45) is 0 Å². The van der Waals surface area contributed by atoms with Gasteiger partial charge in [0.25, 0.3) is 0 Å². The molecule has 1 heterocycles. The summed E-state index contributed by atoms with van der Waals surface area (Å²) in [5, 5.41) is 9.35. The van der Waals surface area contributed by atoms with Gasteiger partial charge in [-0.25, -0.2) is 0 Å². The predicted octanol–water partition coefficient (Wildman–Crippen LogP) is 2.20. The third-order valence-electron chi connectivity index (χ3n) is 2.88. The van der Waals surface area contributed by atoms with Crippen LogP contribution < -0.4 is 0 Å². The average molecular weight is 269 g/mol. The molecule has 2 atom stereocenters. The van der Waals surface area contributed by atoms with Gasteiger partial charge in [-0.15, -0.1) is 4.31 Å². The maximum absolute atomic E-state index is 12.2. The molecule has 3 nitrogen and oxygen atoms in total. The number of aliphatic hydroxyl groups excluding tert-OH is 1. The summed E-state index contributed by atoms with van der Waals surface area (Å²) >= 11 is 3.68. The van der Waals surface area contributed by atoms with Crippen molar-refractivity contribution >= 4 is 28.6 Å². The SMILES string of the molecule is [O-][S+](Cc1ccccc1)N1CCC[C@H]1C(O)=S. The normalized spacial score (nSPS) is 22.5. The molecule has 1 aliphatic heterocycles. The van der Waals surface area contributed by atoms with Crippen LogP contribution in [0.2, 0.25) is 0 Å². The fraction of sp³-hybridized carbons (Fsp3) is 0.417. The zero-order chi connectivity index (χ0) is 12.3. The number of benzene rings is 1. The molecule has 0 spiro atoms. The monoisotopic (exact) mass is 269 g/mol. The molecule has 17 heavy (non-hydrogen) atoms. The van der Waals surface area contributed by atoms with Crippen LogP contribution in [0.1, 0.15) is 18.4 Å². The Morgan fingerprint density at radius 1 is 1.47 bits per heavy atom. The van der Waals surface area contributed by atoms with Gasteiger partial charge in [-0.05, 0) is 25.1 Å². The number of hydrogen-bond donors (Lipinski definition) is 1. The minimum absolute atomic E-state index is 0.0380. The quantitative estimate of drug-likeness (QED) is 0.672. The van der Waals surface area contributed by atoms with Crippen LogP contribution in [-0.2, 0) is 17.1 Å². The van der Waals surface area contributed by atoms with Crippen LogP contribution in [0.25, 0.3) is 0 Å². The number of rotatable bonds is 4. The van der Waals surface area contributed by atoms with E-state index in [1.54, 1.807) is 4.31 Å². The molecule has 92 valence electrons. The van der Waals surface area contributed by atoms with E-state index < -0.39 is 11.4 Å². The molecule has 0 saturated carbocycles. The Kier molecular flexibility index (Phi) is 4.39. The van der Waals surface area contributed by atoms with Crippen molar-refractivity contribution in [3.8, 4) is 0 Å². The lowest BCUT2D eigenvalue weighted by molar-refractivity contribution is 0.408. The Morgan fingerprint density at radius 2 is 2.18 bits per heavy atom. The van der Waals surface area contributed by atoms with Crippen molar-refractivity contribution in [1.29, 1.82) is 0 Å². The van der Waals surface area contributed by atoms with Gasteiger partial charge in [-0.2, -0.15) is 0 Å². The average Bonchev–Trinajstić information content (AvgIpc) is 2.79. The van der Waals surface area contributed by atoms with E-state index in [4.69, 9.17) is 12.2 Å². The van der Waals surface area contributed by atoms with Crippen LogP contribution in [0.5, 0.6) is 0 Å². The van der Waals surface area contributed by atoms with Crippen LogP contribution in [-0.4, -0.2) is 31.6 Å². The lowest BCUT2D eigenvalue weighted by atomic mass is 10.2. The first-order valence-electron chi connectivity index (χ1n) is 5.60. The smallest absolute Gasteiger partial charge is 0.178 e. The van der Waals surface area contributed by atoms with Crippen molar-refractivity contribution in [3.63, 3.8) is 0 Å². The predicted molar refractivity (Wildman–Crippen MR) is 73.2 cm³/mol. The van der Waals surface area contributed by atoms with Crippen LogP contribution in [0.3, 0.4) is 0 Å². The Bertz CT molecular complexity index is 385. The molecule has 1 N–H and O–H groups in total. The Hall–Kier alpha value is -0.620. The fourth-order valence-corrected chi connectivity index (χ4v) is 3.81. The summed E-state index contributed by atoms with van der Waals surface area (Å²) in [5.41, 5.74) is 1.04. The highest BCUT2D eigenvalue weighted by atomic mass is 32.2. The van der Waals surface area contributed by atoms with Crippen molar-refractivity contribution < 1.29 is 9.66 Å². The molecule has 1 unspecified atom stereocenters. The molecule has 1 saturated heterocycles. The van der Waals surface area contributed by atoms with Gasteiger partial charge < -0.3 is 9.66 Å². The number of thiocarbonyl (C=S) groups is 1. The molecule has 0 bridgehead atoms. The Balaban J connectivity index is 2.00. The summed E-state index contributed by atoms with van der Waals surface area (Å²) < 4.78 is 14.0. The molecule has 0 aromatic heterocycles. The minimum atomic E-state index is -1.11. The van der Waals surface area contributed by atoms with Gasteiger partial charge in [0.15, 0.2) is 10.8 Å². The first kappa shape index (κ1) is 12.8. The lowest BCUT2D eigenvalue weighted by Gasteiger charge is -2.24. The van der Waals surface area contributed by atoms with Gasteiger partial charge in [0.2, 0.25) is 0 Å². The lowest BCUT2D eigenvalue weighted by Crippen LogP contribution is -2.40. The second-order valence-electron chi connectivity index (χ2n) is 4.09.